The predicted octanol–water partition coefficient (Wildman–Crippen LogP) is 1.59. The highest BCUT2D eigenvalue weighted by Crippen LogP contribution is 2.10. The monoisotopic (exact) mass is 231 g/mol. The first-order valence-corrected chi connectivity index (χ1v) is 5.41. The predicted molar refractivity (Wildman–Crippen MR) is 61.9 cm³/mol. The first-order chi connectivity index (χ1) is 8.20. The maximum atomic E-state index is 10.7. The molecule has 0 atom stereocenters. The van der Waals surface area contributed by atoms with Gasteiger partial charge < -0.3 is 5.11 Å². The van der Waals surface area contributed by atoms with E-state index in [-0.39, 0.29) is 5.69 Å². The number of aryl methyl sites for hydroxylation is 1. The minimum absolute atomic E-state index is 0.0287. The van der Waals surface area contributed by atoms with Gasteiger partial charge in [-0.05, 0) is 17.5 Å². The topological polar surface area (TPSA) is 68.0 Å². The van der Waals surface area contributed by atoms with Crippen LogP contribution in [-0.4, -0.2) is 26.1 Å². The van der Waals surface area contributed by atoms with E-state index in [9.17, 15) is 4.79 Å². The molecular formula is C12H13N3O2. The van der Waals surface area contributed by atoms with Gasteiger partial charge in [-0.25, -0.2) is 9.48 Å². The molecule has 17 heavy (non-hydrogen) atoms. The number of carboxylic acids is 1. The van der Waals surface area contributed by atoms with Crippen molar-refractivity contribution in [3.8, 4) is 0 Å². The third-order valence-electron chi connectivity index (χ3n) is 2.59. The Balaban J connectivity index is 2.22. The van der Waals surface area contributed by atoms with Crippen LogP contribution < -0.4 is 0 Å². The summed E-state index contributed by atoms with van der Waals surface area (Å²) in [5, 5.41) is 16.1. The van der Waals surface area contributed by atoms with E-state index in [1.165, 1.54) is 16.4 Å². The fourth-order valence-corrected chi connectivity index (χ4v) is 1.70. The molecule has 0 aliphatic carbocycles. The summed E-state index contributed by atoms with van der Waals surface area (Å²) in [7, 11) is 0. The molecule has 5 nitrogen and oxygen atoms in total. The molecule has 1 aromatic heterocycles. The molecule has 0 radical (unpaired) electrons. The molecule has 0 amide bonds. The van der Waals surface area contributed by atoms with Gasteiger partial charge in [0.2, 0.25) is 0 Å². The van der Waals surface area contributed by atoms with E-state index in [4.69, 9.17) is 5.11 Å². The minimum Gasteiger partial charge on any atom is -0.476 e. The Morgan fingerprint density at radius 2 is 2.06 bits per heavy atom. The maximum Gasteiger partial charge on any atom is 0.358 e. The highest BCUT2D eigenvalue weighted by Gasteiger charge is 2.09. The normalized spacial score (nSPS) is 10.4. The van der Waals surface area contributed by atoms with Gasteiger partial charge in [0.1, 0.15) is 0 Å². The number of carbonyl (C=O) groups is 1. The summed E-state index contributed by atoms with van der Waals surface area (Å²) in [6.45, 7) is 2.63. The summed E-state index contributed by atoms with van der Waals surface area (Å²) in [4.78, 5) is 10.7. The molecule has 2 aromatic rings. The van der Waals surface area contributed by atoms with Crippen LogP contribution in [0, 0.1) is 0 Å². The molecule has 0 saturated heterocycles. The zero-order valence-electron chi connectivity index (χ0n) is 9.50. The number of hydrogen-bond acceptors (Lipinski definition) is 3. The van der Waals surface area contributed by atoms with Crippen LogP contribution in [-0.2, 0) is 13.0 Å². The summed E-state index contributed by atoms with van der Waals surface area (Å²) < 4.78 is 1.54. The van der Waals surface area contributed by atoms with Gasteiger partial charge in [0.15, 0.2) is 5.69 Å². The molecule has 1 aromatic carbocycles. The number of nitrogens with zero attached hydrogens (tertiary/aromatic N) is 3. The van der Waals surface area contributed by atoms with E-state index in [2.05, 4.69) is 23.3 Å². The van der Waals surface area contributed by atoms with Crippen LogP contribution in [0.2, 0.25) is 0 Å². The molecule has 1 heterocycles. The quantitative estimate of drug-likeness (QED) is 0.867. The number of carboxylic acid groups (broad SMARTS) is 1. The van der Waals surface area contributed by atoms with Crippen LogP contribution in [0.4, 0.5) is 0 Å². The van der Waals surface area contributed by atoms with Gasteiger partial charge in [0.05, 0.1) is 12.7 Å². The van der Waals surface area contributed by atoms with Crippen molar-refractivity contribution in [3.63, 3.8) is 0 Å². The molecular weight excluding hydrogens is 218 g/mol. The highest BCUT2D eigenvalue weighted by atomic mass is 16.4. The van der Waals surface area contributed by atoms with E-state index in [0.29, 0.717) is 6.54 Å². The molecule has 1 N–H and O–H groups in total. The molecule has 5 heteroatoms. The van der Waals surface area contributed by atoms with E-state index in [0.717, 1.165) is 12.0 Å². The Kier molecular flexibility index (Phi) is 3.18. The largest absolute Gasteiger partial charge is 0.476 e. The van der Waals surface area contributed by atoms with Gasteiger partial charge in [-0.1, -0.05) is 36.4 Å². The lowest BCUT2D eigenvalue weighted by Crippen LogP contribution is -2.03. The lowest BCUT2D eigenvalue weighted by molar-refractivity contribution is 0.0690. The summed E-state index contributed by atoms with van der Waals surface area (Å²) in [6.07, 6.45) is 2.38. The summed E-state index contributed by atoms with van der Waals surface area (Å²) in [6, 6.07) is 8.03. The summed E-state index contributed by atoms with van der Waals surface area (Å²) >= 11 is 0. The van der Waals surface area contributed by atoms with Crippen molar-refractivity contribution in [1.29, 1.82) is 0 Å². The first kappa shape index (κ1) is 11.3. The van der Waals surface area contributed by atoms with Crippen molar-refractivity contribution in [3.05, 3.63) is 47.3 Å². The minimum atomic E-state index is -1.06. The summed E-state index contributed by atoms with van der Waals surface area (Å²) in [5.41, 5.74) is 2.34. The molecule has 0 aliphatic heterocycles. The van der Waals surface area contributed by atoms with Crippen LogP contribution >= 0.6 is 0 Å². The molecule has 0 bridgehead atoms. The Morgan fingerprint density at radius 1 is 1.35 bits per heavy atom. The molecule has 0 unspecified atom stereocenters. The van der Waals surface area contributed by atoms with Crippen molar-refractivity contribution in [2.45, 2.75) is 19.9 Å². The Hall–Kier alpha value is -2.17. The van der Waals surface area contributed by atoms with Crippen LogP contribution in [0.3, 0.4) is 0 Å². The molecule has 88 valence electrons. The van der Waals surface area contributed by atoms with Crippen LogP contribution in [0.25, 0.3) is 0 Å². The molecule has 0 saturated carbocycles. The van der Waals surface area contributed by atoms with Gasteiger partial charge in [0.25, 0.3) is 0 Å². The third-order valence-corrected chi connectivity index (χ3v) is 2.59. The van der Waals surface area contributed by atoms with Crippen molar-refractivity contribution < 1.29 is 9.90 Å². The Bertz CT molecular complexity index is 534. The zero-order valence-corrected chi connectivity index (χ0v) is 9.50. The summed E-state index contributed by atoms with van der Waals surface area (Å²) in [5.74, 6) is -1.06. The van der Waals surface area contributed by atoms with E-state index in [1.807, 2.05) is 18.2 Å². The number of aromatic carboxylic acids is 1. The fourth-order valence-electron chi connectivity index (χ4n) is 1.70. The standard InChI is InChI=1S/C12H13N3O2/c1-2-9-5-3-4-6-10(9)7-15-8-11(12(16)17)13-14-15/h3-6,8H,2,7H2,1H3,(H,16,17). The van der Waals surface area contributed by atoms with Crippen molar-refractivity contribution >= 4 is 5.97 Å². The van der Waals surface area contributed by atoms with Crippen molar-refractivity contribution in [1.82, 2.24) is 15.0 Å². The molecule has 0 aliphatic rings. The average Bonchev–Trinajstić information content (AvgIpc) is 2.78. The van der Waals surface area contributed by atoms with Gasteiger partial charge >= 0.3 is 5.97 Å². The van der Waals surface area contributed by atoms with Crippen molar-refractivity contribution in [2.24, 2.45) is 0 Å². The third kappa shape index (κ3) is 2.50. The first-order valence-electron chi connectivity index (χ1n) is 5.41. The number of hydrogen-bond donors (Lipinski definition) is 1. The molecule has 0 fully saturated rings. The van der Waals surface area contributed by atoms with Crippen LogP contribution in [0.5, 0.6) is 0 Å². The van der Waals surface area contributed by atoms with Crippen LogP contribution in [0.1, 0.15) is 28.5 Å². The second kappa shape index (κ2) is 4.78. The van der Waals surface area contributed by atoms with Gasteiger partial charge in [-0.2, -0.15) is 0 Å². The lowest BCUT2D eigenvalue weighted by atomic mass is 10.1. The van der Waals surface area contributed by atoms with E-state index in [1.54, 1.807) is 0 Å². The molecule has 0 spiro atoms. The Morgan fingerprint density at radius 3 is 2.65 bits per heavy atom. The zero-order chi connectivity index (χ0) is 12.3. The number of aromatic nitrogens is 3. The van der Waals surface area contributed by atoms with E-state index < -0.39 is 5.97 Å². The van der Waals surface area contributed by atoms with Crippen molar-refractivity contribution in [2.75, 3.05) is 0 Å². The highest BCUT2D eigenvalue weighted by molar-refractivity contribution is 5.84. The van der Waals surface area contributed by atoms with Gasteiger partial charge in [0, 0.05) is 0 Å². The smallest absolute Gasteiger partial charge is 0.358 e. The SMILES string of the molecule is CCc1ccccc1Cn1cc(C(=O)O)nn1. The number of benzene rings is 1. The average molecular weight is 231 g/mol. The van der Waals surface area contributed by atoms with Gasteiger partial charge in [-0.15, -0.1) is 5.10 Å². The second-order valence-electron chi connectivity index (χ2n) is 3.73. The maximum absolute atomic E-state index is 10.7. The number of rotatable bonds is 4. The van der Waals surface area contributed by atoms with Crippen LogP contribution in [0.15, 0.2) is 30.5 Å². The van der Waals surface area contributed by atoms with Gasteiger partial charge in [-0.3, -0.25) is 0 Å². The molecule has 2 rings (SSSR count). The second-order valence-corrected chi connectivity index (χ2v) is 3.73. The Labute approximate surface area is 98.7 Å². The van der Waals surface area contributed by atoms with E-state index >= 15 is 0 Å². The lowest BCUT2D eigenvalue weighted by Gasteiger charge is -2.06. The fraction of sp³-hybridized carbons (Fsp3) is 0.250.